The summed E-state index contributed by atoms with van der Waals surface area (Å²) in [4.78, 5) is 40.7. The van der Waals surface area contributed by atoms with Gasteiger partial charge in [-0.05, 0) is 81.0 Å². The molecule has 0 saturated carbocycles. The zero-order valence-electron chi connectivity index (χ0n) is 48.5. The van der Waals surface area contributed by atoms with E-state index in [0.29, 0.717) is 31.3 Å². The molecule has 0 radical (unpaired) electrons. The minimum absolute atomic E-state index is 0.0912. The smallest absolute Gasteiger partial charge is 0.316 e. The Hall–Kier alpha value is -3.11. The molecule has 7 aliphatic rings. The van der Waals surface area contributed by atoms with Gasteiger partial charge in [-0.25, -0.2) is 0 Å². The van der Waals surface area contributed by atoms with Gasteiger partial charge < -0.3 is 67.5 Å². The van der Waals surface area contributed by atoms with Crippen LogP contribution in [0, 0.1) is 23.7 Å². The van der Waals surface area contributed by atoms with Gasteiger partial charge in [0.2, 0.25) is 5.91 Å². The average molecular weight is 1090 g/mol. The van der Waals surface area contributed by atoms with Crippen molar-refractivity contribution in [3.05, 3.63) is 59.3 Å². The zero-order valence-corrected chi connectivity index (χ0v) is 49.5. The summed E-state index contributed by atoms with van der Waals surface area (Å²) in [6.07, 6.45) is 8.72. The highest BCUT2D eigenvalue weighted by atomic mass is 28.4. The van der Waals surface area contributed by atoms with Gasteiger partial charge in [0.1, 0.15) is 29.8 Å². The summed E-state index contributed by atoms with van der Waals surface area (Å²) in [7, 11) is 2.22. The summed E-state index contributed by atoms with van der Waals surface area (Å²) in [5, 5.41) is 18.6. The number of allylic oxidation sites excluding steroid dienone is 2. The van der Waals surface area contributed by atoms with E-state index in [1.54, 1.807) is 14.0 Å². The Bertz CT molecular complexity index is 2240. The van der Waals surface area contributed by atoms with Crippen LogP contribution in [0.4, 0.5) is 0 Å². The molecule has 0 aromatic heterocycles. The molecule has 20 atom stereocenters. The highest BCUT2D eigenvalue weighted by molar-refractivity contribution is 6.74. The third kappa shape index (κ3) is 12.1. The van der Waals surface area contributed by atoms with Gasteiger partial charge in [0.05, 0.1) is 55.4 Å². The van der Waals surface area contributed by atoms with Gasteiger partial charge in [-0.1, -0.05) is 91.3 Å². The molecule has 1 spiro atoms. The number of nitrogens with one attached hydrogen (secondary N) is 2. The molecule has 6 aliphatic heterocycles. The summed E-state index contributed by atoms with van der Waals surface area (Å²) in [6.45, 7) is 28.6. The minimum Gasteiger partial charge on any atom is -0.462 e. The molecular weight excluding hydrogens is 993 g/mol. The molecule has 7 rings (SSSR count). The van der Waals surface area contributed by atoms with E-state index in [9.17, 15) is 19.5 Å². The Kier molecular flexibility index (Phi) is 19.1. The van der Waals surface area contributed by atoms with Crippen molar-refractivity contribution in [1.82, 2.24) is 10.6 Å². The maximum absolute atomic E-state index is 14.9. The van der Waals surface area contributed by atoms with E-state index in [-0.39, 0.29) is 41.9 Å². The summed E-state index contributed by atoms with van der Waals surface area (Å²) < 4.78 is 72.9. The first kappa shape index (κ1) is 60.5. The Morgan fingerprint density at radius 2 is 1.64 bits per heavy atom. The zero-order chi connectivity index (χ0) is 55.9. The van der Waals surface area contributed by atoms with E-state index in [2.05, 4.69) is 84.3 Å². The molecule has 0 aromatic rings. The van der Waals surface area contributed by atoms with Crippen LogP contribution in [0.3, 0.4) is 0 Å². The van der Waals surface area contributed by atoms with Crippen molar-refractivity contribution in [2.24, 2.45) is 23.7 Å². The lowest BCUT2D eigenvalue weighted by atomic mass is 9.71. The number of hydrogen-bond donors (Lipinski definition) is 3. The number of esters is 1. The molecule has 4 fully saturated rings. The van der Waals surface area contributed by atoms with Crippen molar-refractivity contribution >= 4 is 26.1 Å². The second-order valence-electron chi connectivity index (χ2n) is 24.3. The standard InChI is InChI=1S/C58H92N2O15Si/c1-18-32(2)49-35(5)24-25-56(74-49)30-42-27-41(73-56)23-22-34(4)48(33(3)20-19-21-40-31-67-52-50(75-76(16,17)55(10,11)12)36(6)26-43(53(62)70-42)58(40,52)64)71-46-28-44(65-14)51(37(7)68-46)72-47-29-45(66-15)57(38(8)69-47,54(63)59-13)60-39(9)61/h19-22,24-26,32-33,35,37-38,41-52,64H,18,23,27-31H2,1-17H3,(H,59,63)(H,60,61)/b20-19+,34-22+,40-21+/t32-,33-,35-,37-,38-,41+,42-,43-,44-,45-,46-,47-,48-,49+,50+,51-,52+,56+,57-,58+/m0/s1. The van der Waals surface area contributed by atoms with Gasteiger partial charge in [0.25, 0.3) is 5.91 Å². The predicted octanol–water partition coefficient (Wildman–Crippen LogP) is 7.67. The summed E-state index contributed by atoms with van der Waals surface area (Å²) >= 11 is 0. The Labute approximate surface area is 453 Å². The molecule has 17 nitrogen and oxygen atoms in total. The van der Waals surface area contributed by atoms with E-state index < -0.39 is 123 Å². The summed E-state index contributed by atoms with van der Waals surface area (Å²) in [6, 6.07) is 0. The van der Waals surface area contributed by atoms with Crippen LogP contribution in [-0.4, -0.2) is 156 Å². The number of ether oxygens (including phenoxy) is 10. The fraction of sp³-hybridized carbons (Fsp3) is 0.776. The Morgan fingerprint density at radius 1 is 0.934 bits per heavy atom. The van der Waals surface area contributed by atoms with Gasteiger partial charge >= 0.3 is 5.97 Å². The minimum atomic E-state index is -2.40. The van der Waals surface area contributed by atoms with Crippen molar-refractivity contribution in [3.63, 3.8) is 0 Å². The number of carbonyl (C=O) groups excluding carboxylic acids is 3. The van der Waals surface area contributed by atoms with Crippen molar-refractivity contribution in [3.8, 4) is 0 Å². The first-order valence-corrected chi connectivity index (χ1v) is 30.8. The third-order valence-corrected chi connectivity index (χ3v) is 22.4. The predicted molar refractivity (Wildman–Crippen MR) is 288 cm³/mol. The number of hydrogen-bond acceptors (Lipinski definition) is 15. The van der Waals surface area contributed by atoms with Crippen LogP contribution >= 0.6 is 0 Å². The average Bonchev–Trinajstić information content (AvgIpc) is 3.71. The first-order valence-electron chi connectivity index (χ1n) is 27.9. The van der Waals surface area contributed by atoms with Crippen LogP contribution < -0.4 is 10.6 Å². The molecule has 6 heterocycles. The number of rotatable bonds is 12. The van der Waals surface area contributed by atoms with E-state index in [1.165, 1.54) is 21.1 Å². The van der Waals surface area contributed by atoms with Crippen molar-refractivity contribution < 1.29 is 71.3 Å². The van der Waals surface area contributed by atoms with Crippen molar-refractivity contribution in [1.29, 1.82) is 0 Å². The fourth-order valence-corrected chi connectivity index (χ4v) is 13.6. The molecule has 2 bridgehead atoms. The largest absolute Gasteiger partial charge is 0.462 e. The Balaban J connectivity index is 1.20. The number of carbonyl (C=O) groups is 3. The summed E-state index contributed by atoms with van der Waals surface area (Å²) in [5.74, 6) is -3.40. The molecule has 18 heteroatoms. The van der Waals surface area contributed by atoms with Gasteiger partial charge in [0.15, 0.2) is 32.2 Å². The van der Waals surface area contributed by atoms with Crippen molar-refractivity contribution in [2.45, 2.75) is 236 Å². The van der Waals surface area contributed by atoms with Gasteiger partial charge in [-0.15, -0.1) is 0 Å². The number of aliphatic hydroxyl groups is 1. The molecule has 0 aromatic carbocycles. The second-order valence-corrected chi connectivity index (χ2v) is 29.1. The monoisotopic (exact) mass is 1080 g/mol. The van der Waals surface area contributed by atoms with E-state index in [4.69, 9.17) is 51.8 Å². The number of likely N-dealkylation sites (N-methyl/N-ethyl adjacent to an activating group) is 1. The van der Waals surface area contributed by atoms with E-state index in [1.807, 2.05) is 51.2 Å². The van der Waals surface area contributed by atoms with Crippen molar-refractivity contribution in [2.75, 3.05) is 27.9 Å². The van der Waals surface area contributed by atoms with Gasteiger partial charge in [0, 0.05) is 65.7 Å². The molecule has 4 saturated heterocycles. The Morgan fingerprint density at radius 3 is 2.29 bits per heavy atom. The van der Waals surface area contributed by atoms with Crippen LogP contribution in [0.25, 0.3) is 0 Å². The van der Waals surface area contributed by atoms with E-state index >= 15 is 0 Å². The van der Waals surface area contributed by atoms with Crippen LogP contribution in [0.15, 0.2) is 59.3 Å². The topological polar surface area (TPSA) is 197 Å². The van der Waals surface area contributed by atoms with Crippen LogP contribution in [-0.2, 0) is 66.2 Å². The lowest BCUT2D eigenvalue weighted by Gasteiger charge is -2.49. The lowest BCUT2D eigenvalue weighted by molar-refractivity contribution is -0.316. The number of amides is 2. The quantitative estimate of drug-likeness (QED) is 0.0978. The van der Waals surface area contributed by atoms with E-state index in [0.717, 1.165) is 17.6 Å². The lowest BCUT2D eigenvalue weighted by Crippen LogP contribution is -2.74. The number of fused-ring (bicyclic) bond motifs is 2. The third-order valence-electron chi connectivity index (χ3n) is 17.9. The van der Waals surface area contributed by atoms with Crippen LogP contribution in [0.1, 0.15) is 122 Å². The first-order chi connectivity index (χ1) is 35.7. The molecule has 2 amide bonds. The molecule has 3 N–H and O–H groups in total. The molecule has 1 aliphatic carbocycles. The van der Waals surface area contributed by atoms with Crippen LogP contribution in [0.2, 0.25) is 18.1 Å². The van der Waals surface area contributed by atoms with Gasteiger partial charge in [-0.2, -0.15) is 0 Å². The maximum Gasteiger partial charge on any atom is 0.316 e. The molecule has 428 valence electrons. The van der Waals surface area contributed by atoms with Crippen LogP contribution in [0.5, 0.6) is 0 Å². The van der Waals surface area contributed by atoms with Gasteiger partial charge in [-0.3, -0.25) is 14.4 Å². The molecule has 76 heavy (non-hydrogen) atoms. The fourth-order valence-electron chi connectivity index (χ4n) is 12.3. The highest BCUT2D eigenvalue weighted by Gasteiger charge is 2.62. The molecular formula is C58H92N2O15Si. The maximum atomic E-state index is 14.9. The normalized spacial score (nSPS) is 43.6. The number of methoxy groups -OCH3 is 2. The second kappa shape index (κ2) is 23.9. The SMILES string of the molecule is CC[C@H](C)[C@H]1O[C@]2(C=C[C@@H]1C)C[C@@H]1C[C@@H](C/C=C(\C)[C@@H](O[C@H]3C[C@H](OC)[C@@H](O[C@H]4C[C@H](OC)[C@](NC(C)=O)(C(=O)NC)[C@H](C)O4)[C@H](C)O3)[C@@H](C)/C=C/C=C3\CO[C@@H]4[C@H](O[Si](C)(C)C(C)(C)C)C(C)=C[C@@H](C(=O)O1)[C@]34O)O2. The molecule has 0 unspecified atom stereocenters. The summed E-state index contributed by atoms with van der Waals surface area (Å²) in [5.41, 5.74) is -0.939. The highest BCUT2D eigenvalue weighted by Crippen LogP contribution is 2.50.